The number of thioether (sulfide) groups is 1. The van der Waals surface area contributed by atoms with Crippen molar-refractivity contribution in [2.75, 3.05) is 5.75 Å². The fourth-order valence-electron chi connectivity index (χ4n) is 3.75. The molecule has 0 atom stereocenters. The molecule has 1 amide bonds. The van der Waals surface area contributed by atoms with Crippen LogP contribution in [0.2, 0.25) is 0 Å². The first kappa shape index (κ1) is 20.1. The van der Waals surface area contributed by atoms with Crippen LogP contribution in [0.25, 0.3) is 10.2 Å². The summed E-state index contributed by atoms with van der Waals surface area (Å²) in [5, 5.41) is 4.28. The Morgan fingerprint density at radius 3 is 2.83 bits per heavy atom. The molecule has 1 aliphatic rings. The topological polar surface area (TPSA) is 76.9 Å². The molecular weight excluding hydrogens is 404 g/mol. The normalized spacial score (nSPS) is 14.6. The third kappa shape index (κ3) is 4.23. The first-order valence-electron chi connectivity index (χ1n) is 9.86. The number of pyridine rings is 1. The van der Waals surface area contributed by atoms with Crippen molar-refractivity contribution in [2.24, 2.45) is 0 Å². The van der Waals surface area contributed by atoms with E-state index in [1.807, 2.05) is 36.6 Å². The van der Waals surface area contributed by atoms with Crippen LogP contribution in [-0.4, -0.2) is 26.2 Å². The summed E-state index contributed by atoms with van der Waals surface area (Å²) in [5.41, 5.74) is 1.89. The maximum absolute atomic E-state index is 13.3. The van der Waals surface area contributed by atoms with Crippen LogP contribution in [0.15, 0.2) is 34.3 Å². The van der Waals surface area contributed by atoms with Gasteiger partial charge in [-0.2, -0.15) is 0 Å². The number of thiophene rings is 1. The lowest BCUT2D eigenvalue weighted by atomic mass is 10.2. The summed E-state index contributed by atoms with van der Waals surface area (Å²) >= 11 is 2.90. The van der Waals surface area contributed by atoms with E-state index in [2.05, 4.69) is 10.3 Å². The van der Waals surface area contributed by atoms with Crippen molar-refractivity contribution in [3.8, 4) is 0 Å². The van der Waals surface area contributed by atoms with Gasteiger partial charge in [-0.25, -0.2) is 4.98 Å². The van der Waals surface area contributed by atoms with Gasteiger partial charge in [-0.3, -0.25) is 19.1 Å². The second-order valence-corrected chi connectivity index (χ2v) is 9.50. The summed E-state index contributed by atoms with van der Waals surface area (Å²) in [5.74, 6) is 0.132. The largest absolute Gasteiger partial charge is 0.350 e. The van der Waals surface area contributed by atoms with Gasteiger partial charge in [0.1, 0.15) is 4.83 Å². The van der Waals surface area contributed by atoms with E-state index in [1.54, 1.807) is 17.5 Å². The van der Waals surface area contributed by atoms with E-state index >= 15 is 0 Å². The highest BCUT2D eigenvalue weighted by atomic mass is 32.2. The van der Waals surface area contributed by atoms with Gasteiger partial charge in [0.15, 0.2) is 5.16 Å². The van der Waals surface area contributed by atoms with Gasteiger partial charge in [0.25, 0.3) is 5.56 Å². The van der Waals surface area contributed by atoms with Crippen molar-refractivity contribution in [3.05, 3.63) is 50.9 Å². The van der Waals surface area contributed by atoms with Crippen molar-refractivity contribution < 1.29 is 4.79 Å². The SMILES string of the molecule is Cc1sc2nc(SCC(=O)NCc3ccccn3)n(C3CCCC3)c(=O)c2c1C. The van der Waals surface area contributed by atoms with Gasteiger partial charge in [-0.15, -0.1) is 11.3 Å². The average molecular weight is 429 g/mol. The number of aromatic nitrogens is 3. The van der Waals surface area contributed by atoms with Crippen LogP contribution in [0.1, 0.15) is 47.9 Å². The van der Waals surface area contributed by atoms with Gasteiger partial charge in [0, 0.05) is 17.1 Å². The molecule has 3 heterocycles. The molecular formula is C21H24N4O2S2. The number of hydrogen-bond acceptors (Lipinski definition) is 6. The number of nitrogens with one attached hydrogen (secondary N) is 1. The van der Waals surface area contributed by atoms with Gasteiger partial charge in [0.05, 0.1) is 23.4 Å². The number of nitrogens with zero attached hydrogens (tertiary/aromatic N) is 3. The second kappa shape index (κ2) is 8.67. The Morgan fingerprint density at radius 2 is 2.10 bits per heavy atom. The minimum absolute atomic E-state index is 0.0418. The standard InChI is InChI=1S/C21H24N4O2S2/c1-13-14(2)29-19-18(13)20(27)25(16-8-3-4-9-16)21(24-19)28-12-17(26)23-11-15-7-5-6-10-22-15/h5-7,10,16H,3-4,8-9,11-12H2,1-2H3,(H,23,26). The van der Waals surface area contributed by atoms with Crippen LogP contribution in [0, 0.1) is 13.8 Å². The molecule has 1 saturated carbocycles. The van der Waals surface area contributed by atoms with Crippen LogP contribution >= 0.6 is 23.1 Å². The lowest BCUT2D eigenvalue weighted by molar-refractivity contribution is -0.118. The number of carbonyl (C=O) groups excluding carboxylic acids is 1. The lowest BCUT2D eigenvalue weighted by Crippen LogP contribution is -2.28. The Kier molecular flexibility index (Phi) is 6.01. The monoisotopic (exact) mass is 428 g/mol. The third-order valence-electron chi connectivity index (χ3n) is 5.42. The van der Waals surface area contributed by atoms with Gasteiger partial charge >= 0.3 is 0 Å². The molecule has 1 fully saturated rings. The fraction of sp³-hybridized carbons (Fsp3) is 0.429. The number of carbonyl (C=O) groups is 1. The van der Waals surface area contributed by atoms with Crippen LogP contribution in [0.3, 0.4) is 0 Å². The maximum Gasteiger partial charge on any atom is 0.263 e. The first-order chi connectivity index (χ1) is 14.0. The lowest BCUT2D eigenvalue weighted by Gasteiger charge is -2.18. The summed E-state index contributed by atoms with van der Waals surface area (Å²) in [6.45, 7) is 4.42. The Balaban J connectivity index is 1.56. The number of amides is 1. The van der Waals surface area contributed by atoms with Crippen molar-refractivity contribution in [2.45, 2.75) is 57.3 Å². The molecule has 0 aromatic carbocycles. The van der Waals surface area contributed by atoms with E-state index < -0.39 is 0 Å². The molecule has 0 spiro atoms. The van der Waals surface area contributed by atoms with E-state index in [4.69, 9.17) is 4.98 Å². The van der Waals surface area contributed by atoms with Crippen LogP contribution < -0.4 is 10.9 Å². The highest BCUT2D eigenvalue weighted by Gasteiger charge is 2.25. The van der Waals surface area contributed by atoms with E-state index in [0.29, 0.717) is 11.7 Å². The van der Waals surface area contributed by atoms with Gasteiger partial charge in [-0.1, -0.05) is 30.7 Å². The third-order valence-corrected chi connectivity index (χ3v) is 7.47. The molecule has 4 rings (SSSR count). The Morgan fingerprint density at radius 1 is 1.31 bits per heavy atom. The highest BCUT2D eigenvalue weighted by molar-refractivity contribution is 7.99. The number of aryl methyl sites for hydroxylation is 2. The summed E-state index contributed by atoms with van der Waals surface area (Å²) in [7, 11) is 0. The molecule has 0 bridgehead atoms. The van der Waals surface area contributed by atoms with Crippen molar-refractivity contribution >= 4 is 39.2 Å². The van der Waals surface area contributed by atoms with Crippen LogP contribution in [-0.2, 0) is 11.3 Å². The molecule has 0 unspecified atom stereocenters. The quantitative estimate of drug-likeness (QED) is 0.474. The van der Waals surface area contributed by atoms with E-state index in [1.165, 1.54) is 11.8 Å². The number of fused-ring (bicyclic) bond motifs is 1. The minimum atomic E-state index is -0.0912. The molecule has 1 N–H and O–H groups in total. The predicted octanol–water partition coefficient (Wildman–Crippen LogP) is 3.99. The molecule has 0 aliphatic heterocycles. The zero-order chi connectivity index (χ0) is 20.4. The number of rotatable bonds is 6. The zero-order valence-electron chi connectivity index (χ0n) is 16.6. The van der Waals surface area contributed by atoms with Crippen LogP contribution in [0.4, 0.5) is 0 Å². The van der Waals surface area contributed by atoms with Crippen molar-refractivity contribution in [1.82, 2.24) is 19.9 Å². The van der Waals surface area contributed by atoms with E-state index in [9.17, 15) is 9.59 Å². The second-order valence-electron chi connectivity index (χ2n) is 7.36. The summed E-state index contributed by atoms with van der Waals surface area (Å²) in [6, 6.07) is 5.80. The Hall–Kier alpha value is -2.19. The highest BCUT2D eigenvalue weighted by Crippen LogP contribution is 2.34. The summed E-state index contributed by atoms with van der Waals surface area (Å²) < 4.78 is 1.85. The minimum Gasteiger partial charge on any atom is -0.350 e. The zero-order valence-corrected chi connectivity index (χ0v) is 18.2. The molecule has 6 nitrogen and oxygen atoms in total. The summed E-state index contributed by atoms with van der Waals surface area (Å²) in [4.78, 5) is 36.6. The Bertz CT molecular complexity index is 1090. The van der Waals surface area contributed by atoms with Gasteiger partial charge < -0.3 is 5.32 Å². The maximum atomic E-state index is 13.3. The molecule has 0 saturated heterocycles. The smallest absolute Gasteiger partial charge is 0.263 e. The number of hydrogen-bond donors (Lipinski definition) is 1. The molecule has 29 heavy (non-hydrogen) atoms. The molecule has 3 aromatic heterocycles. The predicted molar refractivity (Wildman–Crippen MR) is 118 cm³/mol. The van der Waals surface area contributed by atoms with E-state index in [-0.39, 0.29) is 23.3 Å². The molecule has 152 valence electrons. The summed E-state index contributed by atoms with van der Waals surface area (Å²) in [6.07, 6.45) is 5.96. The molecule has 8 heteroatoms. The molecule has 3 aromatic rings. The van der Waals surface area contributed by atoms with Crippen LogP contribution in [0.5, 0.6) is 0 Å². The van der Waals surface area contributed by atoms with Gasteiger partial charge in [0.2, 0.25) is 5.91 Å². The first-order valence-corrected chi connectivity index (χ1v) is 11.7. The van der Waals surface area contributed by atoms with Gasteiger partial charge in [-0.05, 0) is 44.4 Å². The molecule has 0 radical (unpaired) electrons. The van der Waals surface area contributed by atoms with Crippen molar-refractivity contribution in [3.63, 3.8) is 0 Å². The van der Waals surface area contributed by atoms with E-state index in [0.717, 1.165) is 52.0 Å². The Labute approximate surface area is 177 Å². The molecule has 1 aliphatic carbocycles. The average Bonchev–Trinajstić information content (AvgIpc) is 3.34. The van der Waals surface area contributed by atoms with Crippen molar-refractivity contribution in [1.29, 1.82) is 0 Å². The fourth-order valence-corrected chi connectivity index (χ4v) is 5.71.